The van der Waals surface area contributed by atoms with Crippen LogP contribution < -0.4 is 15.8 Å². The van der Waals surface area contributed by atoms with Gasteiger partial charge in [-0.25, -0.2) is 0 Å². The molecule has 1 atom stereocenters. The highest BCUT2D eigenvalue weighted by Crippen LogP contribution is 2.16. The summed E-state index contributed by atoms with van der Waals surface area (Å²) >= 11 is 0. The second-order valence-corrected chi connectivity index (χ2v) is 4.42. The van der Waals surface area contributed by atoms with Crippen molar-refractivity contribution in [2.45, 2.75) is 19.9 Å². The van der Waals surface area contributed by atoms with Crippen molar-refractivity contribution in [3.05, 3.63) is 24.3 Å². The summed E-state index contributed by atoms with van der Waals surface area (Å²) in [6.45, 7) is 3.82. The van der Waals surface area contributed by atoms with Gasteiger partial charge in [0.1, 0.15) is 5.75 Å². The van der Waals surface area contributed by atoms with Crippen LogP contribution in [0.1, 0.15) is 13.8 Å². The van der Waals surface area contributed by atoms with Crippen molar-refractivity contribution in [2.24, 2.45) is 5.73 Å². The summed E-state index contributed by atoms with van der Waals surface area (Å²) in [6, 6.07) is 6.41. The minimum atomic E-state index is -0.612. The van der Waals surface area contributed by atoms with Gasteiger partial charge in [-0.3, -0.25) is 9.59 Å². The molecule has 0 radical (unpaired) electrons. The first kappa shape index (κ1) is 19.2. The second-order valence-electron chi connectivity index (χ2n) is 4.42. The van der Waals surface area contributed by atoms with Gasteiger partial charge in [-0.1, -0.05) is 6.07 Å². The molecule has 3 N–H and O–H groups in total. The van der Waals surface area contributed by atoms with E-state index in [0.717, 1.165) is 0 Å². The van der Waals surface area contributed by atoms with E-state index in [1.807, 2.05) is 0 Å². The van der Waals surface area contributed by atoms with E-state index in [4.69, 9.17) is 10.5 Å². The van der Waals surface area contributed by atoms with Crippen molar-refractivity contribution < 1.29 is 14.3 Å². The van der Waals surface area contributed by atoms with Crippen molar-refractivity contribution in [3.8, 4) is 5.75 Å². The highest BCUT2D eigenvalue weighted by molar-refractivity contribution is 5.95. The molecule has 0 bridgehead atoms. The number of benzene rings is 1. The number of likely N-dealkylation sites (N-methyl/N-ethyl adjacent to an activating group) is 1. The Kier molecular flexibility index (Phi) is 8.42. The predicted octanol–water partition coefficient (Wildman–Crippen LogP) is 1.25. The zero-order valence-electron chi connectivity index (χ0n) is 12.5. The maximum absolute atomic E-state index is 11.9. The average molecular weight is 316 g/mol. The highest BCUT2D eigenvalue weighted by Gasteiger charge is 2.18. The number of hydrogen-bond acceptors (Lipinski definition) is 4. The Balaban J connectivity index is 0.00000400. The number of carbonyl (C=O) groups is 2. The minimum absolute atomic E-state index is 0. The average Bonchev–Trinajstić information content (AvgIpc) is 2.44. The molecule has 1 aromatic rings. The molecule has 0 unspecified atom stereocenters. The fraction of sp³-hybridized carbons (Fsp3) is 0.429. The van der Waals surface area contributed by atoms with Crippen molar-refractivity contribution in [1.29, 1.82) is 0 Å². The van der Waals surface area contributed by atoms with Gasteiger partial charge in [-0.2, -0.15) is 0 Å². The molecule has 0 aliphatic carbocycles. The molecule has 0 saturated carbocycles. The summed E-state index contributed by atoms with van der Waals surface area (Å²) < 4.78 is 5.08. The van der Waals surface area contributed by atoms with Crippen LogP contribution in [-0.4, -0.2) is 43.0 Å². The van der Waals surface area contributed by atoms with Gasteiger partial charge >= 0.3 is 0 Å². The molecule has 0 aliphatic heterocycles. The number of nitrogens with two attached hydrogens (primary N) is 1. The van der Waals surface area contributed by atoms with Gasteiger partial charge in [0.05, 0.1) is 19.7 Å². The second kappa shape index (κ2) is 9.20. The summed E-state index contributed by atoms with van der Waals surface area (Å²) in [6.07, 6.45) is 0. The molecule has 0 saturated heterocycles. The van der Waals surface area contributed by atoms with E-state index in [9.17, 15) is 9.59 Å². The fourth-order valence-electron chi connectivity index (χ4n) is 1.71. The summed E-state index contributed by atoms with van der Waals surface area (Å²) in [5.74, 6) is 0.143. The Labute approximate surface area is 131 Å². The number of halogens is 1. The zero-order valence-corrected chi connectivity index (χ0v) is 13.3. The molecule has 7 heteroatoms. The molecule has 6 nitrogen and oxygen atoms in total. The van der Waals surface area contributed by atoms with Gasteiger partial charge in [0.2, 0.25) is 11.8 Å². The number of nitrogens with zero attached hydrogens (tertiary/aromatic N) is 1. The molecule has 2 amide bonds. The standard InChI is InChI=1S/C14H21N3O3.ClH/c1-4-17(14(19)10(2)15)9-13(18)16-11-6-5-7-12(8-11)20-3;/h5-8,10H,4,9,15H2,1-3H3,(H,16,18);1H/t10-;/m1./s1. The molecule has 1 aromatic carbocycles. The van der Waals surface area contributed by atoms with Crippen LogP contribution in [0.2, 0.25) is 0 Å². The van der Waals surface area contributed by atoms with Crippen LogP contribution in [-0.2, 0) is 9.59 Å². The lowest BCUT2D eigenvalue weighted by molar-refractivity contribution is -0.135. The molecule has 0 aliphatic rings. The molecule has 1 rings (SSSR count). The van der Waals surface area contributed by atoms with E-state index in [2.05, 4.69) is 5.32 Å². The summed E-state index contributed by atoms with van der Waals surface area (Å²) in [5.41, 5.74) is 6.16. The number of methoxy groups -OCH3 is 1. The number of rotatable bonds is 6. The van der Waals surface area contributed by atoms with E-state index in [1.54, 1.807) is 45.2 Å². The number of anilines is 1. The molecule has 21 heavy (non-hydrogen) atoms. The third-order valence-electron chi connectivity index (χ3n) is 2.77. The lowest BCUT2D eigenvalue weighted by Gasteiger charge is -2.22. The highest BCUT2D eigenvalue weighted by atomic mass is 35.5. The number of amides is 2. The first-order valence-electron chi connectivity index (χ1n) is 6.46. The van der Waals surface area contributed by atoms with Crippen LogP contribution >= 0.6 is 12.4 Å². The zero-order chi connectivity index (χ0) is 15.1. The minimum Gasteiger partial charge on any atom is -0.497 e. The maximum Gasteiger partial charge on any atom is 0.243 e. The van der Waals surface area contributed by atoms with Crippen LogP contribution in [0.25, 0.3) is 0 Å². The van der Waals surface area contributed by atoms with E-state index in [1.165, 1.54) is 4.90 Å². The quantitative estimate of drug-likeness (QED) is 0.827. The lowest BCUT2D eigenvalue weighted by Crippen LogP contribution is -2.45. The fourth-order valence-corrected chi connectivity index (χ4v) is 1.71. The van der Waals surface area contributed by atoms with Crippen molar-refractivity contribution >= 4 is 29.9 Å². The number of ether oxygens (including phenoxy) is 1. The molecule has 0 fully saturated rings. The van der Waals surface area contributed by atoms with Crippen molar-refractivity contribution in [2.75, 3.05) is 25.5 Å². The smallest absolute Gasteiger partial charge is 0.243 e. The van der Waals surface area contributed by atoms with Crippen LogP contribution in [0.3, 0.4) is 0 Å². The summed E-state index contributed by atoms with van der Waals surface area (Å²) in [7, 11) is 1.56. The van der Waals surface area contributed by atoms with E-state index >= 15 is 0 Å². The first-order valence-corrected chi connectivity index (χ1v) is 6.46. The van der Waals surface area contributed by atoms with Crippen LogP contribution in [0.5, 0.6) is 5.75 Å². The van der Waals surface area contributed by atoms with E-state index in [0.29, 0.717) is 18.0 Å². The Morgan fingerprint density at radius 3 is 2.62 bits per heavy atom. The first-order chi connectivity index (χ1) is 9.47. The van der Waals surface area contributed by atoms with Crippen LogP contribution in [0, 0.1) is 0 Å². The Bertz CT molecular complexity index is 480. The largest absolute Gasteiger partial charge is 0.497 e. The van der Waals surface area contributed by atoms with E-state index in [-0.39, 0.29) is 30.8 Å². The summed E-state index contributed by atoms with van der Waals surface area (Å²) in [4.78, 5) is 25.1. The van der Waals surface area contributed by atoms with Gasteiger partial charge in [0.25, 0.3) is 0 Å². The molecular weight excluding hydrogens is 294 g/mol. The Hall–Kier alpha value is -1.79. The summed E-state index contributed by atoms with van der Waals surface area (Å²) in [5, 5.41) is 2.72. The Morgan fingerprint density at radius 1 is 1.43 bits per heavy atom. The predicted molar refractivity (Wildman–Crippen MR) is 84.8 cm³/mol. The Morgan fingerprint density at radius 2 is 2.10 bits per heavy atom. The van der Waals surface area contributed by atoms with Gasteiger partial charge in [-0.05, 0) is 26.0 Å². The van der Waals surface area contributed by atoms with Crippen LogP contribution in [0.15, 0.2) is 24.3 Å². The molecular formula is C14H22ClN3O3. The number of carbonyl (C=O) groups excluding carboxylic acids is 2. The third-order valence-corrected chi connectivity index (χ3v) is 2.77. The molecule has 0 spiro atoms. The SMILES string of the molecule is CCN(CC(=O)Nc1cccc(OC)c1)C(=O)[C@@H](C)N.Cl. The van der Waals surface area contributed by atoms with Gasteiger partial charge < -0.3 is 20.7 Å². The number of nitrogens with one attached hydrogen (secondary N) is 1. The van der Waals surface area contributed by atoms with Crippen molar-refractivity contribution in [3.63, 3.8) is 0 Å². The molecule has 0 heterocycles. The topological polar surface area (TPSA) is 84.7 Å². The third kappa shape index (κ3) is 6.01. The van der Waals surface area contributed by atoms with Crippen molar-refractivity contribution in [1.82, 2.24) is 4.90 Å². The van der Waals surface area contributed by atoms with Crippen LogP contribution in [0.4, 0.5) is 5.69 Å². The normalized spacial score (nSPS) is 11.0. The number of hydrogen-bond donors (Lipinski definition) is 2. The van der Waals surface area contributed by atoms with Gasteiger partial charge in [0, 0.05) is 18.3 Å². The molecule has 0 aromatic heterocycles. The van der Waals surface area contributed by atoms with E-state index < -0.39 is 6.04 Å². The maximum atomic E-state index is 11.9. The lowest BCUT2D eigenvalue weighted by atomic mass is 10.3. The molecule has 118 valence electrons. The van der Waals surface area contributed by atoms with Gasteiger partial charge in [0.15, 0.2) is 0 Å². The monoisotopic (exact) mass is 315 g/mol. The van der Waals surface area contributed by atoms with Gasteiger partial charge in [-0.15, -0.1) is 12.4 Å².